The fraction of sp³-hybridized carbons (Fsp3) is 0.273. The van der Waals surface area contributed by atoms with Gasteiger partial charge in [-0.25, -0.2) is 4.98 Å². The Morgan fingerprint density at radius 1 is 1.40 bits per heavy atom. The van der Waals surface area contributed by atoms with Crippen molar-refractivity contribution < 1.29 is 0 Å². The maximum atomic E-state index is 11.3. The van der Waals surface area contributed by atoms with Gasteiger partial charge in [-0.05, 0) is 12.1 Å². The van der Waals surface area contributed by atoms with E-state index in [1.165, 1.54) is 10.6 Å². The Kier molecular flexibility index (Phi) is 3.86. The average molecular weight is 225 g/mol. The number of hydrogen-bond donors (Lipinski definition) is 0. The van der Waals surface area contributed by atoms with E-state index >= 15 is 0 Å². The van der Waals surface area contributed by atoms with Crippen molar-refractivity contribution in [2.75, 3.05) is 0 Å². The normalized spacial score (nSPS) is 9.60. The minimum Gasteiger partial charge on any atom is -0.296 e. The van der Waals surface area contributed by atoms with Crippen LogP contribution in [0.4, 0.5) is 0 Å². The monoisotopic (exact) mass is 224 g/mol. The molecular formula is C11H13ClN2O. The van der Waals surface area contributed by atoms with Crippen molar-refractivity contribution in [3.63, 3.8) is 0 Å². The second-order valence-electron chi connectivity index (χ2n) is 2.76. The molecule has 0 bridgehead atoms. The zero-order valence-electron chi connectivity index (χ0n) is 8.99. The fourth-order valence-corrected chi connectivity index (χ4v) is 1.48. The van der Waals surface area contributed by atoms with Gasteiger partial charge in [-0.15, -0.1) is 0 Å². The highest BCUT2D eigenvalue weighted by Gasteiger charge is 2.03. The first kappa shape index (κ1) is 11.7. The zero-order valence-corrected chi connectivity index (χ0v) is 9.75. The van der Waals surface area contributed by atoms with E-state index in [0.29, 0.717) is 10.7 Å². The molecule has 0 aromatic carbocycles. The van der Waals surface area contributed by atoms with E-state index in [9.17, 15) is 4.79 Å². The average Bonchev–Trinajstić information content (AvgIpc) is 2.29. The first-order valence-electron chi connectivity index (χ1n) is 4.80. The summed E-state index contributed by atoms with van der Waals surface area (Å²) >= 11 is 5.88. The number of aromatic nitrogens is 2. The van der Waals surface area contributed by atoms with Gasteiger partial charge in [0.25, 0.3) is 5.56 Å². The van der Waals surface area contributed by atoms with E-state index in [2.05, 4.69) is 4.98 Å². The Hall–Kier alpha value is -1.35. The van der Waals surface area contributed by atoms with Crippen molar-refractivity contribution in [2.45, 2.75) is 13.8 Å². The predicted octanol–water partition coefficient (Wildman–Crippen LogP) is 2.61. The summed E-state index contributed by atoms with van der Waals surface area (Å²) in [5.41, 5.74) is 0.469. The van der Waals surface area contributed by atoms with Gasteiger partial charge in [-0.3, -0.25) is 9.36 Å². The van der Waals surface area contributed by atoms with Crippen molar-refractivity contribution in [3.8, 4) is 0 Å². The van der Waals surface area contributed by atoms with Crippen LogP contribution in [0.1, 0.15) is 13.8 Å². The first-order chi connectivity index (χ1) is 7.20. The van der Waals surface area contributed by atoms with Crippen molar-refractivity contribution in [1.29, 1.82) is 0 Å². The molecule has 0 amide bonds. The fourth-order valence-electron chi connectivity index (χ4n) is 1.24. The zero-order chi connectivity index (χ0) is 11.4. The summed E-state index contributed by atoms with van der Waals surface area (Å²) in [5, 5.41) is 1.25. The molecule has 15 heavy (non-hydrogen) atoms. The third-order valence-corrected chi connectivity index (χ3v) is 2.26. The lowest BCUT2D eigenvalue weighted by atomic mass is 10.3. The van der Waals surface area contributed by atoms with Crippen LogP contribution >= 0.6 is 11.6 Å². The Morgan fingerprint density at radius 3 is 2.73 bits per heavy atom. The highest BCUT2D eigenvalue weighted by Crippen LogP contribution is 2.18. The number of rotatable bonds is 0. The van der Waals surface area contributed by atoms with Crippen LogP contribution in [0.15, 0.2) is 29.2 Å². The standard InChI is InChI=1S/C9H7ClN2O.C2H6/c1-12-8(13)5-7(10)6-3-2-4-11-9(6)12;1-2/h2-5H,1H3;1-2H3. The molecular weight excluding hydrogens is 212 g/mol. The Labute approximate surface area is 93.3 Å². The number of halogens is 1. The number of fused-ring (bicyclic) bond motifs is 1. The van der Waals surface area contributed by atoms with Crippen LogP contribution in [0.5, 0.6) is 0 Å². The third-order valence-electron chi connectivity index (χ3n) is 1.94. The summed E-state index contributed by atoms with van der Waals surface area (Å²) in [5.74, 6) is 0. The first-order valence-corrected chi connectivity index (χ1v) is 5.18. The SMILES string of the molecule is CC.Cn1c(=O)cc(Cl)c2cccnc21. The van der Waals surface area contributed by atoms with Crippen LogP contribution in [0.3, 0.4) is 0 Å². The lowest BCUT2D eigenvalue weighted by molar-refractivity contribution is 0.888. The van der Waals surface area contributed by atoms with Crippen molar-refractivity contribution in [2.24, 2.45) is 7.05 Å². The van der Waals surface area contributed by atoms with Gasteiger partial charge in [0.05, 0.1) is 5.02 Å². The summed E-state index contributed by atoms with van der Waals surface area (Å²) in [4.78, 5) is 15.4. The molecule has 3 nitrogen and oxygen atoms in total. The van der Waals surface area contributed by atoms with Gasteiger partial charge < -0.3 is 0 Å². The molecule has 0 saturated carbocycles. The van der Waals surface area contributed by atoms with Crippen LogP contribution in [-0.4, -0.2) is 9.55 Å². The highest BCUT2D eigenvalue weighted by molar-refractivity contribution is 6.35. The van der Waals surface area contributed by atoms with E-state index in [0.717, 1.165) is 5.39 Å². The van der Waals surface area contributed by atoms with Crippen molar-refractivity contribution in [3.05, 3.63) is 39.8 Å². The van der Waals surface area contributed by atoms with Crippen LogP contribution in [0, 0.1) is 0 Å². The quantitative estimate of drug-likeness (QED) is 0.690. The van der Waals surface area contributed by atoms with Crippen LogP contribution in [0.25, 0.3) is 11.0 Å². The molecule has 0 spiro atoms. The Bertz CT molecular complexity index is 519. The van der Waals surface area contributed by atoms with Gasteiger partial charge in [0.15, 0.2) is 0 Å². The van der Waals surface area contributed by atoms with Gasteiger partial charge in [-0.1, -0.05) is 25.4 Å². The largest absolute Gasteiger partial charge is 0.296 e. The minimum atomic E-state index is -0.142. The Balaban J connectivity index is 0.000000531. The van der Waals surface area contributed by atoms with Crippen LogP contribution in [0.2, 0.25) is 5.02 Å². The molecule has 0 unspecified atom stereocenters. The van der Waals surface area contributed by atoms with E-state index < -0.39 is 0 Å². The van der Waals surface area contributed by atoms with Gasteiger partial charge in [0.1, 0.15) is 5.65 Å². The van der Waals surface area contributed by atoms with Crippen LogP contribution in [-0.2, 0) is 7.05 Å². The predicted molar refractivity (Wildman–Crippen MR) is 63.3 cm³/mol. The summed E-state index contributed by atoms with van der Waals surface area (Å²) in [6.45, 7) is 4.00. The van der Waals surface area contributed by atoms with Gasteiger partial charge in [0, 0.05) is 24.7 Å². The molecule has 0 aliphatic rings. The smallest absolute Gasteiger partial charge is 0.253 e. The lowest BCUT2D eigenvalue weighted by Crippen LogP contribution is -2.16. The molecule has 0 saturated heterocycles. The second kappa shape index (κ2) is 4.94. The van der Waals surface area contributed by atoms with E-state index in [4.69, 9.17) is 11.6 Å². The molecule has 2 aromatic rings. The summed E-state index contributed by atoms with van der Waals surface area (Å²) in [7, 11) is 1.67. The van der Waals surface area contributed by atoms with Gasteiger partial charge >= 0.3 is 0 Å². The summed E-state index contributed by atoms with van der Waals surface area (Å²) in [6, 6.07) is 5.02. The minimum absolute atomic E-state index is 0.142. The molecule has 0 atom stereocenters. The maximum absolute atomic E-state index is 11.3. The molecule has 0 radical (unpaired) electrons. The molecule has 0 N–H and O–H groups in total. The topological polar surface area (TPSA) is 34.9 Å². The number of nitrogens with zero attached hydrogens (tertiary/aromatic N) is 2. The number of aryl methyl sites for hydroxylation is 1. The van der Waals surface area contributed by atoms with Gasteiger partial charge in [0.2, 0.25) is 0 Å². The highest BCUT2D eigenvalue weighted by atomic mass is 35.5. The Morgan fingerprint density at radius 2 is 2.07 bits per heavy atom. The van der Waals surface area contributed by atoms with Crippen molar-refractivity contribution in [1.82, 2.24) is 9.55 Å². The van der Waals surface area contributed by atoms with E-state index in [1.54, 1.807) is 19.3 Å². The molecule has 2 rings (SSSR count). The molecule has 2 heterocycles. The third kappa shape index (κ3) is 2.18. The number of hydrogen-bond acceptors (Lipinski definition) is 2. The van der Waals surface area contributed by atoms with Crippen molar-refractivity contribution >= 4 is 22.6 Å². The molecule has 4 heteroatoms. The second-order valence-corrected chi connectivity index (χ2v) is 3.17. The summed E-state index contributed by atoms with van der Waals surface area (Å²) in [6.07, 6.45) is 1.64. The van der Waals surface area contributed by atoms with E-state index in [-0.39, 0.29) is 5.56 Å². The number of pyridine rings is 2. The van der Waals surface area contributed by atoms with Crippen LogP contribution < -0.4 is 5.56 Å². The molecule has 0 aliphatic heterocycles. The molecule has 0 fully saturated rings. The van der Waals surface area contributed by atoms with E-state index in [1.807, 2.05) is 19.9 Å². The molecule has 80 valence electrons. The lowest BCUT2D eigenvalue weighted by Gasteiger charge is -2.03. The molecule has 0 aliphatic carbocycles. The summed E-state index contributed by atoms with van der Waals surface area (Å²) < 4.78 is 1.47. The molecule has 2 aromatic heterocycles. The van der Waals surface area contributed by atoms with Gasteiger partial charge in [-0.2, -0.15) is 0 Å². The maximum Gasteiger partial charge on any atom is 0.253 e.